The standard InChI is InChI=1S/C14H20N2O5/c1-14(2,3)21-13(17)15-11-6-5-10(7-8-16(18)19)12(9-11)20-4/h5-6,9H,7-8H2,1-4H3,(H,15,17). The number of anilines is 1. The second-order valence-corrected chi connectivity index (χ2v) is 5.46. The molecule has 1 aromatic carbocycles. The first-order valence-corrected chi connectivity index (χ1v) is 6.50. The Morgan fingerprint density at radius 3 is 2.57 bits per heavy atom. The summed E-state index contributed by atoms with van der Waals surface area (Å²) in [7, 11) is 1.47. The minimum Gasteiger partial charge on any atom is -0.496 e. The summed E-state index contributed by atoms with van der Waals surface area (Å²) < 4.78 is 10.3. The van der Waals surface area contributed by atoms with Crippen molar-refractivity contribution in [2.75, 3.05) is 19.0 Å². The Balaban J connectivity index is 2.77. The van der Waals surface area contributed by atoms with E-state index in [1.54, 1.807) is 39.0 Å². The molecule has 0 spiro atoms. The number of rotatable bonds is 5. The Kier molecular flexibility index (Phi) is 5.52. The Labute approximate surface area is 123 Å². The molecule has 0 heterocycles. The summed E-state index contributed by atoms with van der Waals surface area (Å²) in [6.07, 6.45) is -0.300. The predicted octanol–water partition coefficient (Wildman–Crippen LogP) is 2.86. The zero-order chi connectivity index (χ0) is 16.0. The number of nitrogens with zero attached hydrogens (tertiary/aromatic N) is 1. The molecule has 0 radical (unpaired) electrons. The molecule has 0 aliphatic rings. The average Bonchev–Trinajstić information content (AvgIpc) is 2.34. The van der Waals surface area contributed by atoms with Crippen LogP contribution in [0, 0.1) is 10.1 Å². The third kappa shape index (κ3) is 6.11. The van der Waals surface area contributed by atoms with Crippen LogP contribution in [0.4, 0.5) is 10.5 Å². The van der Waals surface area contributed by atoms with Crippen molar-refractivity contribution in [1.29, 1.82) is 0 Å². The van der Waals surface area contributed by atoms with Crippen LogP contribution >= 0.6 is 0 Å². The monoisotopic (exact) mass is 296 g/mol. The smallest absolute Gasteiger partial charge is 0.412 e. The van der Waals surface area contributed by atoms with Crippen LogP contribution in [0.2, 0.25) is 0 Å². The van der Waals surface area contributed by atoms with E-state index in [9.17, 15) is 14.9 Å². The molecule has 0 saturated heterocycles. The first-order valence-electron chi connectivity index (χ1n) is 6.50. The van der Waals surface area contributed by atoms with Crippen LogP contribution in [0.15, 0.2) is 18.2 Å². The van der Waals surface area contributed by atoms with Crippen LogP contribution in [0.25, 0.3) is 0 Å². The highest BCUT2D eigenvalue weighted by Crippen LogP contribution is 2.24. The number of benzene rings is 1. The molecule has 1 aromatic rings. The van der Waals surface area contributed by atoms with E-state index in [4.69, 9.17) is 9.47 Å². The van der Waals surface area contributed by atoms with Gasteiger partial charge in [0.2, 0.25) is 6.54 Å². The van der Waals surface area contributed by atoms with E-state index in [2.05, 4.69) is 5.32 Å². The van der Waals surface area contributed by atoms with Crippen LogP contribution in [0.5, 0.6) is 5.75 Å². The minimum absolute atomic E-state index is 0.171. The van der Waals surface area contributed by atoms with Crippen molar-refractivity contribution in [2.45, 2.75) is 32.8 Å². The maximum Gasteiger partial charge on any atom is 0.412 e. The van der Waals surface area contributed by atoms with Crippen molar-refractivity contribution in [3.63, 3.8) is 0 Å². The van der Waals surface area contributed by atoms with E-state index >= 15 is 0 Å². The SMILES string of the molecule is COc1cc(NC(=O)OC(C)(C)C)ccc1CC[N+](=O)[O-]. The summed E-state index contributed by atoms with van der Waals surface area (Å²) >= 11 is 0. The molecule has 0 bridgehead atoms. The van der Waals surface area contributed by atoms with E-state index in [-0.39, 0.29) is 17.9 Å². The topological polar surface area (TPSA) is 90.7 Å². The zero-order valence-corrected chi connectivity index (χ0v) is 12.6. The molecule has 7 heteroatoms. The van der Waals surface area contributed by atoms with E-state index < -0.39 is 11.7 Å². The van der Waals surface area contributed by atoms with Gasteiger partial charge in [-0.2, -0.15) is 0 Å². The number of nitro groups is 1. The van der Waals surface area contributed by atoms with Gasteiger partial charge < -0.3 is 9.47 Å². The van der Waals surface area contributed by atoms with E-state index in [0.717, 1.165) is 0 Å². The van der Waals surface area contributed by atoms with Gasteiger partial charge in [0.05, 0.1) is 7.11 Å². The molecule has 1 N–H and O–H groups in total. The number of methoxy groups -OCH3 is 1. The summed E-state index contributed by atoms with van der Waals surface area (Å²) in [5.74, 6) is 0.491. The van der Waals surface area contributed by atoms with Crippen molar-refractivity contribution in [3.8, 4) is 5.75 Å². The third-order valence-corrected chi connectivity index (χ3v) is 2.50. The maximum atomic E-state index is 11.7. The summed E-state index contributed by atoms with van der Waals surface area (Å²) in [4.78, 5) is 21.7. The molecule has 0 aliphatic carbocycles. The number of amides is 1. The molecule has 0 aliphatic heterocycles. The highest BCUT2D eigenvalue weighted by molar-refractivity contribution is 5.85. The van der Waals surface area contributed by atoms with Crippen LogP contribution in [0.1, 0.15) is 26.3 Å². The molecule has 0 aromatic heterocycles. The van der Waals surface area contributed by atoms with E-state index in [0.29, 0.717) is 17.0 Å². The Hall–Kier alpha value is -2.31. The highest BCUT2D eigenvalue weighted by Gasteiger charge is 2.16. The van der Waals surface area contributed by atoms with Gasteiger partial charge in [-0.3, -0.25) is 15.4 Å². The number of carbonyl (C=O) groups is 1. The Morgan fingerprint density at radius 2 is 2.05 bits per heavy atom. The van der Waals surface area contributed by atoms with Gasteiger partial charge in [0.15, 0.2) is 0 Å². The predicted molar refractivity (Wildman–Crippen MR) is 78.4 cm³/mol. The van der Waals surface area contributed by atoms with E-state index in [1.807, 2.05) is 0 Å². The number of ether oxygens (including phenoxy) is 2. The Bertz CT molecular complexity index is 523. The molecule has 0 unspecified atom stereocenters. The molecule has 1 amide bonds. The highest BCUT2D eigenvalue weighted by atomic mass is 16.6. The summed E-state index contributed by atoms with van der Waals surface area (Å²) in [5, 5.41) is 13.0. The molecule has 0 atom stereocenters. The van der Waals surface area contributed by atoms with Gasteiger partial charge in [0, 0.05) is 28.7 Å². The fourth-order valence-electron chi connectivity index (χ4n) is 1.66. The minimum atomic E-state index is -0.584. The van der Waals surface area contributed by atoms with Gasteiger partial charge in [-0.05, 0) is 26.8 Å². The van der Waals surface area contributed by atoms with Crippen molar-refractivity contribution in [2.24, 2.45) is 0 Å². The first kappa shape index (κ1) is 16.7. The second-order valence-electron chi connectivity index (χ2n) is 5.46. The average molecular weight is 296 g/mol. The van der Waals surface area contributed by atoms with Crippen LogP contribution in [-0.2, 0) is 11.2 Å². The lowest BCUT2D eigenvalue weighted by Crippen LogP contribution is -2.27. The molecular weight excluding hydrogens is 276 g/mol. The van der Waals surface area contributed by atoms with Crippen molar-refractivity contribution in [1.82, 2.24) is 0 Å². The molecule has 21 heavy (non-hydrogen) atoms. The second kappa shape index (κ2) is 6.92. The lowest BCUT2D eigenvalue weighted by Gasteiger charge is -2.20. The van der Waals surface area contributed by atoms with Gasteiger partial charge in [-0.15, -0.1) is 0 Å². The maximum absolute atomic E-state index is 11.7. The van der Waals surface area contributed by atoms with Gasteiger partial charge in [-0.25, -0.2) is 4.79 Å². The van der Waals surface area contributed by atoms with Gasteiger partial charge >= 0.3 is 6.09 Å². The van der Waals surface area contributed by atoms with Gasteiger partial charge in [0.1, 0.15) is 11.4 Å². The number of nitrogens with one attached hydrogen (secondary N) is 1. The first-order chi connectivity index (χ1) is 9.71. The lowest BCUT2D eigenvalue weighted by molar-refractivity contribution is -0.479. The number of carbonyl (C=O) groups excluding carboxylic acids is 1. The van der Waals surface area contributed by atoms with Gasteiger partial charge in [-0.1, -0.05) is 6.07 Å². The summed E-state index contributed by atoms with van der Waals surface area (Å²) in [5.41, 5.74) is 0.634. The third-order valence-electron chi connectivity index (χ3n) is 2.50. The van der Waals surface area contributed by atoms with Crippen LogP contribution in [0.3, 0.4) is 0 Å². The van der Waals surface area contributed by atoms with Crippen molar-refractivity contribution < 1.29 is 19.2 Å². The summed E-state index contributed by atoms with van der Waals surface area (Å²) in [6, 6.07) is 4.95. The number of hydrogen-bond acceptors (Lipinski definition) is 5. The number of hydrogen-bond donors (Lipinski definition) is 1. The van der Waals surface area contributed by atoms with Crippen molar-refractivity contribution >= 4 is 11.8 Å². The lowest BCUT2D eigenvalue weighted by atomic mass is 10.1. The van der Waals surface area contributed by atoms with Crippen LogP contribution in [-0.4, -0.2) is 30.3 Å². The summed E-state index contributed by atoms with van der Waals surface area (Å²) in [6.45, 7) is 5.14. The molecule has 0 fully saturated rings. The zero-order valence-electron chi connectivity index (χ0n) is 12.6. The van der Waals surface area contributed by atoms with E-state index in [1.165, 1.54) is 7.11 Å². The quantitative estimate of drug-likeness (QED) is 0.666. The van der Waals surface area contributed by atoms with Crippen LogP contribution < -0.4 is 10.1 Å². The van der Waals surface area contributed by atoms with Gasteiger partial charge in [0.25, 0.3) is 0 Å². The molecule has 116 valence electrons. The van der Waals surface area contributed by atoms with Crippen molar-refractivity contribution in [3.05, 3.63) is 33.9 Å². The molecule has 0 saturated carbocycles. The molecular formula is C14H20N2O5. The molecule has 7 nitrogen and oxygen atoms in total. The Morgan fingerprint density at radius 1 is 1.38 bits per heavy atom. The normalized spacial score (nSPS) is 10.9. The largest absolute Gasteiger partial charge is 0.496 e. The molecule has 1 rings (SSSR count). The fourth-order valence-corrected chi connectivity index (χ4v) is 1.66. The fraction of sp³-hybridized carbons (Fsp3) is 0.500.